The van der Waals surface area contributed by atoms with E-state index in [1.165, 1.54) is 18.9 Å². The fraction of sp³-hybridized carbons (Fsp3) is 0.312. The van der Waals surface area contributed by atoms with Gasteiger partial charge in [-0.15, -0.1) is 23.1 Å². The molecular formula is C16H18N2O3S2. The molecule has 1 aromatic heterocycles. The molecule has 0 aliphatic heterocycles. The number of benzene rings is 1. The lowest BCUT2D eigenvalue weighted by atomic mass is 10.2. The number of hydrogen-bond acceptors (Lipinski definition) is 5. The van der Waals surface area contributed by atoms with Crippen molar-refractivity contribution in [3.8, 4) is 0 Å². The summed E-state index contributed by atoms with van der Waals surface area (Å²) >= 11 is 3.28. The second kappa shape index (κ2) is 7.61. The van der Waals surface area contributed by atoms with E-state index in [4.69, 9.17) is 5.11 Å². The smallest absolute Gasteiger partial charge is 0.326 e. The van der Waals surface area contributed by atoms with Gasteiger partial charge in [0.1, 0.15) is 6.04 Å². The highest BCUT2D eigenvalue weighted by atomic mass is 32.2. The molecule has 1 aromatic carbocycles. The van der Waals surface area contributed by atoms with E-state index in [1.54, 1.807) is 35.2 Å². The van der Waals surface area contributed by atoms with Gasteiger partial charge in [0, 0.05) is 28.6 Å². The largest absolute Gasteiger partial charge is 0.480 e. The SMILES string of the molecule is Cc1nc(CSc2ccc(C(=O)N(C)C(C)C(=O)O)cc2)cs1. The highest BCUT2D eigenvalue weighted by Crippen LogP contribution is 2.24. The van der Waals surface area contributed by atoms with Crippen LogP contribution >= 0.6 is 23.1 Å². The molecule has 1 heterocycles. The Bertz CT molecular complexity index is 698. The Morgan fingerprint density at radius 1 is 1.35 bits per heavy atom. The molecule has 1 amide bonds. The van der Waals surface area contributed by atoms with Crippen molar-refractivity contribution in [1.29, 1.82) is 0 Å². The van der Waals surface area contributed by atoms with E-state index < -0.39 is 12.0 Å². The predicted octanol–water partition coefficient (Wildman–Crippen LogP) is 3.29. The van der Waals surface area contributed by atoms with Crippen molar-refractivity contribution < 1.29 is 14.7 Å². The summed E-state index contributed by atoms with van der Waals surface area (Å²) < 4.78 is 0. The third kappa shape index (κ3) is 4.56. The van der Waals surface area contributed by atoms with Crippen LogP contribution in [0, 0.1) is 6.92 Å². The van der Waals surface area contributed by atoms with Crippen LogP contribution in [0.1, 0.15) is 28.0 Å². The first-order valence-corrected chi connectivity index (χ1v) is 8.89. The van der Waals surface area contributed by atoms with Gasteiger partial charge in [0.2, 0.25) is 0 Å². The number of nitrogens with zero attached hydrogens (tertiary/aromatic N) is 2. The lowest BCUT2D eigenvalue weighted by molar-refractivity contribution is -0.141. The van der Waals surface area contributed by atoms with Crippen LogP contribution in [0.15, 0.2) is 34.5 Å². The highest BCUT2D eigenvalue weighted by molar-refractivity contribution is 7.98. The maximum Gasteiger partial charge on any atom is 0.326 e. The third-order valence-corrected chi connectivity index (χ3v) is 5.28. The van der Waals surface area contributed by atoms with E-state index in [2.05, 4.69) is 4.98 Å². The van der Waals surface area contributed by atoms with Gasteiger partial charge in [-0.3, -0.25) is 4.79 Å². The van der Waals surface area contributed by atoms with Crippen molar-refractivity contribution in [2.75, 3.05) is 7.05 Å². The van der Waals surface area contributed by atoms with Crippen molar-refractivity contribution in [2.45, 2.75) is 30.5 Å². The number of hydrogen-bond donors (Lipinski definition) is 1. The number of aryl methyl sites for hydroxylation is 1. The van der Waals surface area contributed by atoms with Gasteiger partial charge >= 0.3 is 5.97 Å². The van der Waals surface area contributed by atoms with E-state index in [-0.39, 0.29) is 5.91 Å². The van der Waals surface area contributed by atoms with Gasteiger partial charge in [0.25, 0.3) is 5.91 Å². The number of aromatic nitrogens is 1. The molecule has 0 saturated heterocycles. The number of rotatable bonds is 6. The van der Waals surface area contributed by atoms with Crippen molar-refractivity contribution in [1.82, 2.24) is 9.88 Å². The summed E-state index contributed by atoms with van der Waals surface area (Å²) in [6.45, 7) is 3.47. The fourth-order valence-electron chi connectivity index (χ4n) is 1.87. The van der Waals surface area contributed by atoms with Crippen molar-refractivity contribution in [3.05, 3.63) is 45.9 Å². The Kier molecular flexibility index (Phi) is 5.79. The van der Waals surface area contributed by atoms with E-state index in [0.717, 1.165) is 21.3 Å². The molecule has 0 radical (unpaired) electrons. The van der Waals surface area contributed by atoms with Crippen LogP contribution in [0.5, 0.6) is 0 Å². The Balaban J connectivity index is 1.98. The molecule has 5 nitrogen and oxygen atoms in total. The number of carbonyl (C=O) groups excluding carboxylic acids is 1. The predicted molar refractivity (Wildman–Crippen MR) is 92.0 cm³/mol. The maximum absolute atomic E-state index is 12.2. The number of thiazole rings is 1. The highest BCUT2D eigenvalue weighted by Gasteiger charge is 2.22. The molecule has 23 heavy (non-hydrogen) atoms. The van der Waals surface area contributed by atoms with Crippen LogP contribution < -0.4 is 0 Å². The van der Waals surface area contributed by atoms with Crippen LogP contribution in [-0.4, -0.2) is 40.0 Å². The molecule has 0 bridgehead atoms. The van der Waals surface area contributed by atoms with Crippen LogP contribution in [0.3, 0.4) is 0 Å². The Morgan fingerprint density at radius 2 is 2.00 bits per heavy atom. The summed E-state index contributed by atoms with van der Waals surface area (Å²) in [6, 6.07) is 6.33. The minimum absolute atomic E-state index is 0.299. The Labute approximate surface area is 143 Å². The van der Waals surface area contributed by atoms with Crippen molar-refractivity contribution >= 4 is 35.0 Å². The summed E-state index contributed by atoms with van der Waals surface area (Å²) in [5.74, 6) is -0.536. The van der Waals surface area contributed by atoms with Crippen molar-refractivity contribution in [3.63, 3.8) is 0 Å². The number of likely N-dealkylation sites (N-methyl/N-ethyl adjacent to an activating group) is 1. The maximum atomic E-state index is 12.2. The summed E-state index contributed by atoms with van der Waals surface area (Å²) in [5, 5.41) is 12.1. The second-order valence-electron chi connectivity index (χ2n) is 5.10. The molecular weight excluding hydrogens is 332 g/mol. The van der Waals surface area contributed by atoms with Gasteiger partial charge in [-0.1, -0.05) is 0 Å². The molecule has 0 spiro atoms. The van der Waals surface area contributed by atoms with Gasteiger partial charge in [-0.05, 0) is 38.1 Å². The average Bonchev–Trinajstić information content (AvgIpc) is 2.96. The molecule has 1 N–H and O–H groups in total. The average molecular weight is 350 g/mol. The molecule has 2 aromatic rings. The van der Waals surface area contributed by atoms with E-state index >= 15 is 0 Å². The minimum Gasteiger partial charge on any atom is -0.480 e. The van der Waals surface area contributed by atoms with Gasteiger partial charge in [0.15, 0.2) is 0 Å². The molecule has 0 saturated carbocycles. The zero-order chi connectivity index (χ0) is 17.0. The summed E-state index contributed by atoms with van der Waals surface area (Å²) in [4.78, 5) is 29.9. The third-order valence-electron chi connectivity index (χ3n) is 3.41. The van der Waals surface area contributed by atoms with E-state index in [1.807, 2.05) is 24.4 Å². The number of carbonyl (C=O) groups is 2. The topological polar surface area (TPSA) is 70.5 Å². The normalized spacial score (nSPS) is 12.0. The Hall–Kier alpha value is -1.86. The number of amides is 1. The van der Waals surface area contributed by atoms with Gasteiger partial charge < -0.3 is 10.0 Å². The van der Waals surface area contributed by atoms with Gasteiger partial charge in [-0.25, -0.2) is 9.78 Å². The van der Waals surface area contributed by atoms with Crippen LogP contribution in [-0.2, 0) is 10.5 Å². The molecule has 0 aliphatic rings. The minimum atomic E-state index is -1.02. The van der Waals surface area contributed by atoms with Crippen molar-refractivity contribution in [2.24, 2.45) is 0 Å². The number of aliphatic carboxylic acids is 1. The molecule has 2 rings (SSSR count). The van der Waals surface area contributed by atoms with Gasteiger partial charge in [0.05, 0.1) is 10.7 Å². The first-order chi connectivity index (χ1) is 10.9. The first-order valence-electron chi connectivity index (χ1n) is 7.02. The molecule has 1 unspecified atom stereocenters. The zero-order valence-electron chi connectivity index (χ0n) is 13.1. The van der Waals surface area contributed by atoms with Crippen LogP contribution in [0.2, 0.25) is 0 Å². The number of thioether (sulfide) groups is 1. The standard InChI is InChI=1S/C16H18N2O3S2/c1-10(16(20)21)18(3)15(19)12-4-6-14(7-5-12)23-9-13-8-22-11(2)17-13/h4-8,10H,9H2,1-3H3,(H,20,21). The molecule has 0 aliphatic carbocycles. The Morgan fingerprint density at radius 3 is 2.52 bits per heavy atom. The summed E-state index contributed by atoms with van der Waals surface area (Å²) in [6.07, 6.45) is 0. The summed E-state index contributed by atoms with van der Waals surface area (Å²) in [7, 11) is 1.49. The first kappa shape index (κ1) is 17.5. The zero-order valence-corrected chi connectivity index (χ0v) is 14.8. The number of carboxylic acids is 1. The quantitative estimate of drug-likeness (QED) is 0.810. The monoisotopic (exact) mass is 350 g/mol. The second-order valence-corrected chi connectivity index (χ2v) is 7.21. The molecule has 122 valence electrons. The fourth-order valence-corrected chi connectivity index (χ4v) is 3.38. The molecule has 1 atom stereocenters. The van der Waals surface area contributed by atoms with Crippen LogP contribution in [0.4, 0.5) is 0 Å². The van der Waals surface area contributed by atoms with E-state index in [9.17, 15) is 9.59 Å². The lowest BCUT2D eigenvalue weighted by Gasteiger charge is -2.21. The van der Waals surface area contributed by atoms with Crippen LogP contribution in [0.25, 0.3) is 0 Å². The molecule has 0 fully saturated rings. The lowest BCUT2D eigenvalue weighted by Crippen LogP contribution is -2.40. The summed E-state index contributed by atoms with van der Waals surface area (Å²) in [5.41, 5.74) is 1.53. The van der Waals surface area contributed by atoms with Gasteiger partial charge in [-0.2, -0.15) is 0 Å². The molecule has 7 heteroatoms. The van der Waals surface area contributed by atoms with E-state index in [0.29, 0.717) is 5.56 Å². The number of carboxylic acid groups (broad SMARTS) is 1.